The molecule has 0 fully saturated rings. The van der Waals surface area contributed by atoms with Crippen molar-refractivity contribution in [2.24, 2.45) is 0 Å². The van der Waals surface area contributed by atoms with Crippen molar-refractivity contribution in [2.75, 3.05) is 0 Å². The van der Waals surface area contributed by atoms with Crippen molar-refractivity contribution in [3.63, 3.8) is 0 Å². The molecule has 1 rings (SSSR count). The molecule has 0 saturated carbocycles. The summed E-state index contributed by atoms with van der Waals surface area (Å²) in [4.78, 5) is 0. The minimum atomic E-state index is -0.698. The zero-order valence-corrected chi connectivity index (χ0v) is 8.17. The quantitative estimate of drug-likeness (QED) is 0.593. The van der Waals surface area contributed by atoms with Gasteiger partial charge in [0.15, 0.2) is 0 Å². The van der Waals surface area contributed by atoms with Crippen LogP contribution in [0.3, 0.4) is 0 Å². The molecule has 4 heteroatoms. The second-order valence-electron chi connectivity index (χ2n) is 1.76. The zero-order valence-electron chi connectivity index (χ0n) is 5.18. The van der Waals surface area contributed by atoms with Crippen LogP contribution in [0.1, 0.15) is 0 Å². The van der Waals surface area contributed by atoms with Crippen molar-refractivity contribution < 1.29 is 4.39 Å². The lowest BCUT2D eigenvalue weighted by Crippen LogP contribution is -2.07. The number of rotatable bonds is 1. The van der Waals surface area contributed by atoms with Gasteiger partial charge in [-0.15, -0.1) is 16.1 Å². The van der Waals surface area contributed by atoms with Crippen molar-refractivity contribution >= 4 is 44.4 Å². The van der Waals surface area contributed by atoms with Crippen LogP contribution in [-0.2, 0) is 0 Å². The summed E-state index contributed by atoms with van der Waals surface area (Å²) in [5.74, 6) is -0.194. The Labute approximate surface area is 78.7 Å². The molecule has 0 unspecified atom stereocenters. The van der Waals surface area contributed by atoms with E-state index in [2.05, 4.69) is 0 Å². The first-order valence-electron chi connectivity index (χ1n) is 2.63. The molecule has 0 aliphatic rings. The Morgan fingerprint density at radius 2 is 2.10 bits per heavy atom. The van der Waals surface area contributed by atoms with Gasteiger partial charge >= 0.3 is 19.3 Å². The Morgan fingerprint density at radius 1 is 1.40 bits per heavy atom. The molecule has 10 heavy (non-hydrogen) atoms. The van der Waals surface area contributed by atoms with Crippen LogP contribution < -0.4 is 3.69 Å². The van der Waals surface area contributed by atoms with Crippen LogP contribution >= 0.6 is 21.5 Å². The van der Waals surface area contributed by atoms with Crippen LogP contribution in [0.5, 0.6) is 0 Å². The van der Waals surface area contributed by atoms with E-state index in [1.807, 2.05) is 6.07 Å². The van der Waals surface area contributed by atoms with Crippen molar-refractivity contribution in [2.45, 2.75) is 0 Å². The van der Waals surface area contributed by atoms with E-state index in [-0.39, 0.29) is 18.2 Å². The lowest BCUT2D eigenvalue weighted by atomic mass is 10.3. The van der Waals surface area contributed by atoms with Crippen LogP contribution in [0.4, 0.5) is 4.39 Å². The highest BCUT2D eigenvalue weighted by Gasteiger charge is 1.94. The van der Waals surface area contributed by atoms with E-state index in [0.717, 1.165) is 3.69 Å². The Balaban J connectivity index is 0.000000810. The SMILES string of the molecule is Cl.Fc1ccc[c]([Mg][Cl])c1. The minimum Gasteiger partial charge on any atom is -0.336 e. The highest BCUT2D eigenvalue weighted by molar-refractivity contribution is 7.01. The van der Waals surface area contributed by atoms with Crippen molar-refractivity contribution in [3.8, 4) is 0 Å². The molecule has 0 atom stereocenters. The fourth-order valence-corrected chi connectivity index (χ4v) is 1.62. The maximum absolute atomic E-state index is 12.3. The van der Waals surface area contributed by atoms with E-state index in [9.17, 15) is 4.39 Å². The fraction of sp³-hybridized carbons (Fsp3) is 0. The molecule has 52 valence electrons. The molecular formula is C6H5Cl2FMg. The summed E-state index contributed by atoms with van der Waals surface area (Å²) in [7, 11) is 5.57. The van der Waals surface area contributed by atoms with Gasteiger partial charge in [-0.05, 0) is 6.07 Å². The topological polar surface area (TPSA) is 0 Å². The highest BCUT2D eigenvalue weighted by atomic mass is 35.5. The average molecular weight is 191 g/mol. The van der Waals surface area contributed by atoms with Gasteiger partial charge in [0.1, 0.15) is 5.82 Å². The number of halogens is 3. The Bertz CT molecular complexity index is 205. The Morgan fingerprint density at radius 3 is 2.50 bits per heavy atom. The van der Waals surface area contributed by atoms with Gasteiger partial charge in [0.2, 0.25) is 0 Å². The van der Waals surface area contributed by atoms with E-state index in [1.165, 1.54) is 12.1 Å². The third kappa shape index (κ3) is 3.06. The molecule has 0 saturated heterocycles. The molecule has 0 spiro atoms. The zero-order chi connectivity index (χ0) is 6.69. The predicted octanol–water partition coefficient (Wildman–Crippen LogP) is 1.73. The molecule has 0 heterocycles. The average Bonchev–Trinajstić information content (AvgIpc) is 1.88. The first-order valence-corrected chi connectivity index (χ1v) is 5.48. The van der Waals surface area contributed by atoms with Gasteiger partial charge in [-0.3, -0.25) is 0 Å². The van der Waals surface area contributed by atoms with Gasteiger partial charge in [-0.25, -0.2) is 4.39 Å². The molecule has 0 N–H and O–H groups in total. The second-order valence-corrected chi connectivity index (χ2v) is 3.65. The van der Waals surface area contributed by atoms with Crippen molar-refractivity contribution in [3.05, 3.63) is 30.1 Å². The summed E-state index contributed by atoms with van der Waals surface area (Å²) in [6, 6.07) is 6.44. The van der Waals surface area contributed by atoms with Crippen molar-refractivity contribution in [1.29, 1.82) is 0 Å². The molecule has 0 aromatic heterocycles. The molecular weight excluding hydrogens is 186 g/mol. The Kier molecular flexibility index (Phi) is 5.44. The second kappa shape index (κ2) is 5.19. The van der Waals surface area contributed by atoms with Gasteiger partial charge < -0.3 is 9.07 Å². The lowest BCUT2D eigenvalue weighted by Gasteiger charge is -1.91. The van der Waals surface area contributed by atoms with Crippen LogP contribution in [-0.4, -0.2) is 19.3 Å². The molecule has 0 radical (unpaired) electrons. The van der Waals surface area contributed by atoms with Crippen LogP contribution in [0.15, 0.2) is 24.3 Å². The van der Waals surface area contributed by atoms with Crippen molar-refractivity contribution in [1.82, 2.24) is 0 Å². The molecule has 0 aliphatic heterocycles. The monoisotopic (exact) mass is 190 g/mol. The summed E-state index contributed by atoms with van der Waals surface area (Å²) in [6.45, 7) is 0. The van der Waals surface area contributed by atoms with E-state index in [0.29, 0.717) is 0 Å². The smallest absolute Gasteiger partial charge is 0.336 e. The largest absolute Gasteiger partial charge is 0.538 e. The van der Waals surface area contributed by atoms with E-state index in [1.54, 1.807) is 6.07 Å². The molecule has 0 nitrogen and oxygen atoms in total. The normalized spacial score (nSPS) is 7.80. The molecule has 0 aliphatic carbocycles. The minimum absolute atomic E-state index is 0. The molecule has 1 aromatic rings. The van der Waals surface area contributed by atoms with Gasteiger partial charge in [0.05, 0.1) is 0 Å². The molecule has 1 aromatic carbocycles. The fourth-order valence-electron chi connectivity index (χ4n) is 0.620. The number of hydrogen-bond acceptors (Lipinski definition) is 0. The molecule has 0 amide bonds. The predicted molar refractivity (Wildman–Crippen MR) is 44.9 cm³/mol. The van der Waals surface area contributed by atoms with E-state index >= 15 is 0 Å². The summed E-state index contributed by atoms with van der Waals surface area (Å²) < 4.78 is 13.3. The third-order valence-corrected chi connectivity index (χ3v) is 2.72. The van der Waals surface area contributed by atoms with Crippen LogP contribution in [0.25, 0.3) is 0 Å². The summed E-state index contributed by atoms with van der Waals surface area (Å²) in [5, 5.41) is 0. The molecule has 0 bridgehead atoms. The maximum Gasteiger partial charge on any atom is 0.538 e. The number of benzene rings is 1. The first-order chi connectivity index (χ1) is 4.33. The van der Waals surface area contributed by atoms with Gasteiger partial charge in [-0.2, -0.15) is 0 Å². The summed E-state index contributed by atoms with van der Waals surface area (Å²) >= 11 is -0.698. The van der Waals surface area contributed by atoms with Crippen LogP contribution in [0.2, 0.25) is 0 Å². The lowest BCUT2D eigenvalue weighted by molar-refractivity contribution is 0.629. The van der Waals surface area contributed by atoms with E-state index < -0.39 is 19.3 Å². The third-order valence-electron chi connectivity index (χ3n) is 1.04. The van der Waals surface area contributed by atoms with Gasteiger partial charge in [0, 0.05) is 0 Å². The number of hydrogen-bond donors (Lipinski definition) is 0. The van der Waals surface area contributed by atoms with Crippen LogP contribution in [0, 0.1) is 5.82 Å². The first kappa shape index (κ1) is 10.5. The summed E-state index contributed by atoms with van der Waals surface area (Å²) in [5.41, 5.74) is 0. The standard InChI is InChI=1S/C6H4F.2ClH.Mg/c7-6-4-2-1-3-5-6;;;/h1-2,4-5H;2*1H;/q;;;+1/p-1. The highest BCUT2D eigenvalue weighted by Crippen LogP contribution is 1.91. The van der Waals surface area contributed by atoms with Gasteiger partial charge in [-0.1, -0.05) is 18.2 Å². The van der Waals surface area contributed by atoms with E-state index in [4.69, 9.17) is 9.07 Å². The Hall–Kier alpha value is 0.496. The van der Waals surface area contributed by atoms with Gasteiger partial charge in [0.25, 0.3) is 0 Å². The maximum atomic E-state index is 12.3. The summed E-state index contributed by atoms with van der Waals surface area (Å²) in [6.07, 6.45) is 0.